The molecule has 1 saturated heterocycles. The van der Waals surface area contributed by atoms with Gasteiger partial charge in [-0.25, -0.2) is 4.79 Å². The van der Waals surface area contributed by atoms with E-state index in [-0.39, 0.29) is 12.1 Å². The second-order valence-corrected chi connectivity index (χ2v) is 15.5. The maximum atomic E-state index is 13.0. The highest BCUT2D eigenvalue weighted by Crippen LogP contribution is 2.40. The van der Waals surface area contributed by atoms with Crippen LogP contribution < -0.4 is 4.74 Å². The summed E-state index contributed by atoms with van der Waals surface area (Å²) in [5.74, 6) is 3.77. The van der Waals surface area contributed by atoms with Crippen LogP contribution in [-0.4, -0.2) is 34.9 Å². The van der Waals surface area contributed by atoms with Crippen LogP contribution in [0.25, 0.3) is 11.3 Å². The number of nitrogens with zero attached hydrogens (tertiary/aromatic N) is 2. The molecule has 1 amide bonds. The molecular weight excluding hydrogens is 592 g/mol. The minimum absolute atomic E-state index is 0.135. The molecule has 0 radical (unpaired) electrons. The van der Waals surface area contributed by atoms with Gasteiger partial charge in [0.05, 0.1) is 11.7 Å². The predicted molar refractivity (Wildman–Crippen MR) is 198 cm³/mol. The predicted octanol–water partition coefficient (Wildman–Crippen LogP) is 11.8. The summed E-state index contributed by atoms with van der Waals surface area (Å²) in [6, 6.07) is 17.1. The summed E-state index contributed by atoms with van der Waals surface area (Å²) in [5, 5.41) is 0. The first-order valence-electron chi connectivity index (χ1n) is 18.7. The van der Waals surface area contributed by atoms with Gasteiger partial charge in [0.15, 0.2) is 0 Å². The number of rotatable bonds is 7. The highest BCUT2D eigenvalue weighted by Gasteiger charge is 2.36. The van der Waals surface area contributed by atoms with Gasteiger partial charge < -0.3 is 14.4 Å². The van der Waals surface area contributed by atoms with Crippen molar-refractivity contribution >= 4 is 23.1 Å². The Morgan fingerprint density at radius 3 is 2.48 bits per heavy atom. The van der Waals surface area contributed by atoms with Crippen LogP contribution in [-0.2, 0) is 4.74 Å². The lowest BCUT2D eigenvalue weighted by atomic mass is 9.78. The van der Waals surface area contributed by atoms with Crippen LogP contribution in [0.5, 0.6) is 11.5 Å². The standard InChI is InChI=1S/C43H56N2O3/c1-7-31-27-34(22-25-38(31)41-19-12-26-45(41)42(46)48-43(4,5)6)33-14-10-15-36(28-33)47-35-23-20-32(21-24-35)39-17-11-18-40(44-39)37-16-9-8-13-29(2)30(37)3/h10,14-15,17,20-21,23-24,27-30,37,41H,7-9,11-13,16,18-19,22,25-26H2,1-6H3. The van der Waals surface area contributed by atoms with E-state index in [0.29, 0.717) is 11.8 Å². The number of amides is 1. The first-order valence-corrected chi connectivity index (χ1v) is 18.7. The lowest BCUT2D eigenvalue weighted by Gasteiger charge is -2.32. The Hall–Kier alpha value is -3.60. The van der Waals surface area contributed by atoms with E-state index in [4.69, 9.17) is 14.5 Å². The van der Waals surface area contributed by atoms with Crippen molar-refractivity contribution in [2.45, 2.75) is 124 Å². The van der Waals surface area contributed by atoms with Crippen molar-refractivity contribution in [3.63, 3.8) is 0 Å². The van der Waals surface area contributed by atoms with E-state index in [9.17, 15) is 4.79 Å². The second-order valence-electron chi connectivity index (χ2n) is 15.5. The van der Waals surface area contributed by atoms with Crippen LogP contribution in [0.2, 0.25) is 0 Å². The van der Waals surface area contributed by atoms with Crippen LogP contribution in [0.3, 0.4) is 0 Å². The molecule has 256 valence electrons. The molecule has 2 aliphatic heterocycles. The van der Waals surface area contributed by atoms with E-state index >= 15 is 0 Å². The Morgan fingerprint density at radius 2 is 1.71 bits per heavy atom. The summed E-state index contributed by atoms with van der Waals surface area (Å²) in [4.78, 5) is 20.2. The fourth-order valence-electron chi connectivity index (χ4n) is 8.29. The Bertz CT molecular complexity index is 1590. The number of aliphatic imine (C=N–C) groups is 1. The van der Waals surface area contributed by atoms with E-state index in [0.717, 1.165) is 80.2 Å². The van der Waals surface area contributed by atoms with E-state index in [1.165, 1.54) is 53.7 Å². The number of likely N-dealkylation sites (tertiary alicyclic amines) is 1. The van der Waals surface area contributed by atoms with Gasteiger partial charge in [-0.2, -0.15) is 0 Å². The number of benzene rings is 2. The van der Waals surface area contributed by atoms with Crippen molar-refractivity contribution in [2.75, 3.05) is 6.54 Å². The van der Waals surface area contributed by atoms with Crippen molar-refractivity contribution in [3.05, 3.63) is 83.0 Å². The molecule has 0 aromatic heterocycles. The van der Waals surface area contributed by atoms with E-state index in [2.05, 4.69) is 75.4 Å². The molecule has 2 aromatic carbocycles. The summed E-state index contributed by atoms with van der Waals surface area (Å²) in [5.41, 5.74) is 8.48. The quantitative estimate of drug-likeness (QED) is 0.281. The zero-order chi connectivity index (χ0) is 33.8. The third-order valence-electron chi connectivity index (χ3n) is 11.1. The van der Waals surface area contributed by atoms with E-state index in [1.807, 2.05) is 31.7 Å². The first-order chi connectivity index (χ1) is 23.1. The van der Waals surface area contributed by atoms with Gasteiger partial charge >= 0.3 is 6.09 Å². The fraction of sp³-hybridized carbons (Fsp3) is 0.535. The maximum Gasteiger partial charge on any atom is 0.410 e. The SMILES string of the molecule is CCC1=C(C2CCCN2C(=O)OC(C)(C)C)CCC(c2cccc(Oc3ccc(C4=CCCC(C5CCCCC(C)C5C)=N4)cc3)c2)=C1. The number of allylic oxidation sites excluding steroid dienone is 4. The Morgan fingerprint density at radius 1 is 0.917 bits per heavy atom. The largest absolute Gasteiger partial charge is 0.457 e. The molecule has 0 bridgehead atoms. The zero-order valence-corrected chi connectivity index (χ0v) is 30.2. The smallest absolute Gasteiger partial charge is 0.410 e. The lowest BCUT2D eigenvalue weighted by molar-refractivity contribution is 0.0246. The molecule has 2 heterocycles. The van der Waals surface area contributed by atoms with E-state index in [1.54, 1.807) is 0 Å². The third kappa shape index (κ3) is 7.98. The van der Waals surface area contributed by atoms with Gasteiger partial charge in [-0.3, -0.25) is 4.99 Å². The molecule has 5 nitrogen and oxygen atoms in total. The lowest BCUT2D eigenvalue weighted by Crippen LogP contribution is -2.41. The molecule has 4 unspecified atom stereocenters. The summed E-state index contributed by atoms with van der Waals surface area (Å²) < 4.78 is 12.2. The summed E-state index contributed by atoms with van der Waals surface area (Å²) in [6.45, 7) is 13.7. The highest BCUT2D eigenvalue weighted by atomic mass is 16.6. The number of carbonyl (C=O) groups excluding carboxylic acids is 1. The van der Waals surface area contributed by atoms with Crippen LogP contribution in [0.4, 0.5) is 4.79 Å². The van der Waals surface area contributed by atoms with Gasteiger partial charge in [-0.1, -0.05) is 64.3 Å². The molecule has 2 aliphatic carbocycles. The van der Waals surface area contributed by atoms with Gasteiger partial charge in [0.1, 0.15) is 17.1 Å². The zero-order valence-electron chi connectivity index (χ0n) is 30.2. The maximum absolute atomic E-state index is 13.0. The normalized spacial score (nSPS) is 25.2. The van der Waals surface area contributed by atoms with Gasteiger partial charge in [0.2, 0.25) is 0 Å². The van der Waals surface area contributed by atoms with Crippen LogP contribution in [0.1, 0.15) is 123 Å². The number of ether oxygens (including phenoxy) is 2. The molecule has 0 spiro atoms. The molecule has 4 atom stereocenters. The molecule has 4 aliphatic rings. The Balaban J connectivity index is 1.14. The second kappa shape index (κ2) is 14.9. The third-order valence-corrected chi connectivity index (χ3v) is 11.1. The summed E-state index contributed by atoms with van der Waals surface area (Å²) in [6.07, 6.45) is 16.9. The molecular formula is C43H56N2O3. The summed E-state index contributed by atoms with van der Waals surface area (Å²) >= 11 is 0. The molecule has 48 heavy (non-hydrogen) atoms. The number of carbonyl (C=O) groups is 1. The monoisotopic (exact) mass is 648 g/mol. The Kier molecular flexibility index (Phi) is 10.6. The van der Waals surface area contributed by atoms with Crippen LogP contribution >= 0.6 is 0 Å². The van der Waals surface area contributed by atoms with Gasteiger partial charge in [0, 0.05) is 23.7 Å². The Labute approximate surface area is 289 Å². The van der Waals surface area contributed by atoms with Crippen molar-refractivity contribution in [2.24, 2.45) is 22.7 Å². The minimum atomic E-state index is -0.488. The topological polar surface area (TPSA) is 51.1 Å². The van der Waals surface area contributed by atoms with Gasteiger partial charge in [-0.15, -0.1) is 0 Å². The molecule has 1 saturated carbocycles. The van der Waals surface area contributed by atoms with E-state index < -0.39 is 5.60 Å². The minimum Gasteiger partial charge on any atom is -0.457 e. The average Bonchev–Trinajstić information content (AvgIpc) is 3.51. The molecule has 5 heteroatoms. The van der Waals surface area contributed by atoms with Crippen molar-refractivity contribution in [1.82, 2.24) is 4.90 Å². The first kappa shape index (κ1) is 34.3. The van der Waals surface area contributed by atoms with Gasteiger partial charge in [-0.05, 0) is 143 Å². The number of hydrogen-bond acceptors (Lipinski definition) is 4. The fourth-order valence-corrected chi connectivity index (χ4v) is 8.29. The van der Waals surface area contributed by atoms with Crippen LogP contribution in [0, 0.1) is 17.8 Å². The number of hydrogen-bond donors (Lipinski definition) is 0. The van der Waals surface area contributed by atoms with Gasteiger partial charge in [0.25, 0.3) is 0 Å². The summed E-state index contributed by atoms with van der Waals surface area (Å²) in [7, 11) is 0. The van der Waals surface area contributed by atoms with Crippen molar-refractivity contribution in [1.29, 1.82) is 0 Å². The molecule has 2 aromatic rings. The highest BCUT2D eigenvalue weighted by molar-refractivity contribution is 5.93. The van der Waals surface area contributed by atoms with Crippen molar-refractivity contribution < 1.29 is 14.3 Å². The average molecular weight is 649 g/mol. The molecule has 2 fully saturated rings. The molecule has 0 N–H and O–H groups in total. The van der Waals surface area contributed by atoms with Crippen LogP contribution in [0.15, 0.2) is 76.8 Å². The molecule has 6 rings (SSSR count). The van der Waals surface area contributed by atoms with Crippen molar-refractivity contribution in [3.8, 4) is 11.5 Å².